The van der Waals surface area contributed by atoms with Crippen LogP contribution in [0.15, 0.2) is 60.9 Å². The maximum Gasteiger partial charge on any atom is 0.416 e. The van der Waals surface area contributed by atoms with E-state index in [1.54, 1.807) is 23.2 Å². The van der Waals surface area contributed by atoms with Crippen LogP contribution in [0.25, 0.3) is 16.8 Å². The molecule has 2 fully saturated rings. The number of ether oxygens (including phenoxy) is 2. The van der Waals surface area contributed by atoms with Crippen LogP contribution in [0.3, 0.4) is 0 Å². The summed E-state index contributed by atoms with van der Waals surface area (Å²) in [6.07, 6.45) is 9.26. The van der Waals surface area contributed by atoms with E-state index in [1.807, 2.05) is 45.2 Å². The van der Waals surface area contributed by atoms with Gasteiger partial charge in [0.15, 0.2) is 6.29 Å². The van der Waals surface area contributed by atoms with Crippen molar-refractivity contribution in [2.24, 2.45) is 0 Å². The number of nitrogens with one attached hydrogen (secondary N) is 1. The number of benzene rings is 1. The monoisotopic (exact) mass is 573 g/mol. The average molecular weight is 574 g/mol. The first-order chi connectivity index (χ1) is 20.2. The van der Waals surface area contributed by atoms with Crippen LogP contribution in [0.2, 0.25) is 0 Å². The highest BCUT2D eigenvalue weighted by atomic mass is 16.8. The smallest absolute Gasteiger partial charge is 0.416 e. The maximum absolute atomic E-state index is 13.4. The van der Waals surface area contributed by atoms with Gasteiger partial charge in [-0.1, -0.05) is 24.3 Å². The molecule has 2 saturated heterocycles. The Morgan fingerprint density at radius 3 is 2.67 bits per heavy atom. The van der Waals surface area contributed by atoms with E-state index in [1.165, 1.54) is 6.08 Å². The molecule has 1 unspecified atom stereocenters. The lowest BCUT2D eigenvalue weighted by atomic mass is 10.1. The SMILES string of the molecule is CC(C)(C)OC(=O)N(c1ccc(C=CC(=O)NOC2CCCCO2)cn1)[C@@H]1CCN(Cc2cc3ccccc3cn2)C1. The number of nitrogens with zero attached hydrogens (tertiary/aromatic N) is 4. The maximum atomic E-state index is 13.4. The van der Waals surface area contributed by atoms with E-state index >= 15 is 0 Å². The molecular formula is C32H39N5O5. The van der Waals surface area contributed by atoms with Crippen LogP contribution in [0.1, 0.15) is 57.7 Å². The highest BCUT2D eigenvalue weighted by molar-refractivity contribution is 5.91. The standard InChI is InChI=1S/C32H39N5O5/c1-32(2,3)41-31(39)37(27-15-16-36(22-27)21-26-18-24-8-4-5-9-25(24)20-33-26)28-13-11-23(19-34-28)12-14-29(38)35-42-30-10-6-7-17-40-30/h4-5,8-9,11-14,18-20,27,30H,6-7,10,15-17,21-22H2,1-3H3,(H,35,38)/t27-,30?/m1/s1. The van der Waals surface area contributed by atoms with Crippen molar-refractivity contribution in [2.75, 3.05) is 24.6 Å². The molecule has 2 aliphatic heterocycles. The molecule has 4 heterocycles. The normalized spacial score (nSPS) is 19.7. The molecule has 1 N–H and O–H groups in total. The molecule has 10 heteroatoms. The summed E-state index contributed by atoms with van der Waals surface area (Å²) >= 11 is 0. The van der Waals surface area contributed by atoms with Gasteiger partial charge in [-0.25, -0.2) is 20.1 Å². The van der Waals surface area contributed by atoms with Crippen LogP contribution in [0.5, 0.6) is 0 Å². The van der Waals surface area contributed by atoms with Gasteiger partial charge in [-0.3, -0.25) is 19.6 Å². The van der Waals surface area contributed by atoms with Gasteiger partial charge >= 0.3 is 6.09 Å². The van der Waals surface area contributed by atoms with E-state index < -0.39 is 23.9 Å². The molecule has 3 aromatic rings. The zero-order valence-corrected chi connectivity index (χ0v) is 24.5. The summed E-state index contributed by atoms with van der Waals surface area (Å²) in [5.74, 6) is 0.106. The molecule has 0 aliphatic carbocycles. The van der Waals surface area contributed by atoms with Gasteiger partial charge < -0.3 is 9.47 Å². The van der Waals surface area contributed by atoms with Crippen molar-refractivity contribution in [1.82, 2.24) is 20.3 Å². The molecule has 1 aromatic carbocycles. The van der Waals surface area contributed by atoms with Crippen LogP contribution in [0.4, 0.5) is 10.6 Å². The quantitative estimate of drug-likeness (QED) is 0.288. The van der Waals surface area contributed by atoms with Crippen LogP contribution >= 0.6 is 0 Å². The number of likely N-dealkylation sites (tertiary alicyclic amines) is 1. The second-order valence-electron chi connectivity index (χ2n) is 11.7. The first-order valence-corrected chi connectivity index (χ1v) is 14.5. The predicted molar refractivity (Wildman–Crippen MR) is 160 cm³/mol. The summed E-state index contributed by atoms with van der Waals surface area (Å²) in [5.41, 5.74) is 3.46. The van der Waals surface area contributed by atoms with E-state index in [2.05, 4.69) is 38.5 Å². The van der Waals surface area contributed by atoms with Gasteiger partial charge in [-0.05, 0) is 75.3 Å². The summed E-state index contributed by atoms with van der Waals surface area (Å²) in [7, 11) is 0. The van der Waals surface area contributed by atoms with Crippen LogP contribution < -0.4 is 10.4 Å². The molecule has 0 spiro atoms. The minimum atomic E-state index is -0.649. The van der Waals surface area contributed by atoms with E-state index in [0.29, 0.717) is 31.1 Å². The highest BCUT2D eigenvalue weighted by Crippen LogP contribution is 2.26. The number of pyridine rings is 2. The zero-order chi connectivity index (χ0) is 29.5. The number of fused-ring (bicyclic) bond motifs is 1. The number of carbonyl (C=O) groups is 2. The minimum absolute atomic E-state index is 0.112. The number of rotatable bonds is 8. The Kier molecular flexibility index (Phi) is 9.46. The molecule has 2 aromatic heterocycles. The van der Waals surface area contributed by atoms with Gasteiger partial charge in [0.2, 0.25) is 0 Å². The Labute approximate surface area is 246 Å². The first kappa shape index (κ1) is 29.6. The van der Waals surface area contributed by atoms with Crippen LogP contribution in [-0.4, -0.2) is 64.5 Å². The predicted octanol–water partition coefficient (Wildman–Crippen LogP) is 5.23. The van der Waals surface area contributed by atoms with Crippen molar-refractivity contribution in [2.45, 2.75) is 70.9 Å². The van der Waals surface area contributed by atoms with E-state index in [0.717, 1.165) is 48.7 Å². The lowest BCUT2D eigenvalue weighted by Crippen LogP contribution is -2.45. The fourth-order valence-electron chi connectivity index (χ4n) is 5.12. The number of amides is 2. The van der Waals surface area contributed by atoms with Crippen molar-refractivity contribution in [1.29, 1.82) is 0 Å². The molecule has 10 nitrogen and oxygen atoms in total. The third-order valence-corrected chi connectivity index (χ3v) is 7.15. The zero-order valence-electron chi connectivity index (χ0n) is 24.5. The Bertz CT molecular complexity index is 1400. The number of anilines is 1. The molecule has 0 saturated carbocycles. The molecule has 42 heavy (non-hydrogen) atoms. The van der Waals surface area contributed by atoms with Gasteiger partial charge in [-0.15, -0.1) is 0 Å². The van der Waals surface area contributed by atoms with Gasteiger partial charge in [0.05, 0.1) is 11.7 Å². The summed E-state index contributed by atoms with van der Waals surface area (Å²) in [5, 5.41) is 2.28. The van der Waals surface area contributed by atoms with E-state index in [9.17, 15) is 9.59 Å². The molecule has 222 valence electrons. The second-order valence-corrected chi connectivity index (χ2v) is 11.7. The van der Waals surface area contributed by atoms with Crippen molar-refractivity contribution in [3.8, 4) is 0 Å². The summed E-state index contributed by atoms with van der Waals surface area (Å²) in [4.78, 5) is 44.1. The van der Waals surface area contributed by atoms with Gasteiger partial charge in [-0.2, -0.15) is 0 Å². The summed E-state index contributed by atoms with van der Waals surface area (Å²) in [6.45, 7) is 8.38. The number of aromatic nitrogens is 2. The Balaban J connectivity index is 1.23. The van der Waals surface area contributed by atoms with E-state index in [-0.39, 0.29) is 6.04 Å². The van der Waals surface area contributed by atoms with Gasteiger partial charge in [0.1, 0.15) is 11.4 Å². The topological polar surface area (TPSA) is 106 Å². The lowest BCUT2D eigenvalue weighted by molar-refractivity contribution is -0.198. The minimum Gasteiger partial charge on any atom is -0.443 e. The fraction of sp³-hybridized carbons (Fsp3) is 0.438. The largest absolute Gasteiger partial charge is 0.443 e. The second kappa shape index (κ2) is 13.4. The van der Waals surface area contributed by atoms with Crippen molar-refractivity contribution in [3.63, 3.8) is 0 Å². The molecular weight excluding hydrogens is 534 g/mol. The molecule has 2 atom stereocenters. The Morgan fingerprint density at radius 1 is 1.10 bits per heavy atom. The molecule has 2 amide bonds. The number of carbonyl (C=O) groups excluding carboxylic acids is 2. The van der Waals surface area contributed by atoms with Crippen LogP contribution in [-0.2, 0) is 25.7 Å². The summed E-state index contributed by atoms with van der Waals surface area (Å²) in [6, 6.07) is 13.8. The van der Waals surface area contributed by atoms with E-state index in [4.69, 9.17) is 14.3 Å². The molecule has 5 rings (SSSR count). The average Bonchev–Trinajstić information content (AvgIpc) is 3.43. The number of hydrogen-bond acceptors (Lipinski definition) is 8. The Morgan fingerprint density at radius 2 is 1.93 bits per heavy atom. The van der Waals surface area contributed by atoms with Crippen LogP contribution in [0, 0.1) is 0 Å². The van der Waals surface area contributed by atoms with Crippen molar-refractivity contribution < 1.29 is 23.9 Å². The summed E-state index contributed by atoms with van der Waals surface area (Å²) < 4.78 is 11.2. The van der Waals surface area contributed by atoms with Crippen molar-refractivity contribution in [3.05, 3.63) is 72.2 Å². The van der Waals surface area contributed by atoms with Gasteiger partial charge in [0.25, 0.3) is 5.91 Å². The Hall–Kier alpha value is -3.86. The highest BCUT2D eigenvalue weighted by Gasteiger charge is 2.35. The number of hydrogen-bond donors (Lipinski definition) is 1. The molecule has 0 radical (unpaired) electrons. The lowest BCUT2D eigenvalue weighted by Gasteiger charge is -2.31. The molecule has 0 bridgehead atoms. The first-order valence-electron chi connectivity index (χ1n) is 14.5. The number of hydroxylamine groups is 1. The third kappa shape index (κ3) is 8.12. The third-order valence-electron chi connectivity index (χ3n) is 7.15. The molecule has 2 aliphatic rings. The van der Waals surface area contributed by atoms with Crippen molar-refractivity contribution >= 4 is 34.7 Å². The van der Waals surface area contributed by atoms with Gasteiger partial charge in [0, 0.05) is 56.5 Å². The fourth-order valence-corrected chi connectivity index (χ4v) is 5.12.